The minimum atomic E-state index is -1.79. The van der Waals surface area contributed by atoms with Crippen molar-refractivity contribution < 1.29 is 73.8 Å². The topological polar surface area (TPSA) is 231 Å². The van der Waals surface area contributed by atoms with Crippen molar-refractivity contribution in [1.29, 1.82) is 0 Å². The second-order valence-corrected chi connectivity index (χ2v) is 18.7. The van der Waals surface area contributed by atoms with Crippen molar-refractivity contribution in [2.75, 3.05) is 26.4 Å². The molecule has 0 aromatic carbocycles. The molecule has 0 amide bonds. The first kappa shape index (κ1) is 64.8. The van der Waals surface area contributed by atoms with Crippen molar-refractivity contribution in [1.82, 2.24) is 0 Å². The fourth-order valence-corrected chi connectivity index (χ4v) is 7.88. The van der Waals surface area contributed by atoms with Crippen LogP contribution < -0.4 is 0 Å². The number of carbonyl (C=O) groups is 2. The van der Waals surface area contributed by atoms with E-state index in [1.165, 1.54) is 77.0 Å². The number of unbranched alkanes of at least 4 members (excludes halogenated alkanes) is 13. The highest BCUT2D eigenvalue weighted by molar-refractivity contribution is 5.70. The Kier molecular flexibility index (Phi) is 38.7. The molecule has 0 spiro atoms. The third-order valence-electron chi connectivity index (χ3n) is 12.4. The van der Waals surface area contributed by atoms with E-state index in [-0.39, 0.29) is 19.4 Å². The van der Waals surface area contributed by atoms with Gasteiger partial charge in [0.05, 0.1) is 19.8 Å². The Bertz CT molecular complexity index is 1570. The number of hydrogen-bond acceptors (Lipinski definition) is 15. The van der Waals surface area contributed by atoms with Gasteiger partial charge in [0, 0.05) is 12.8 Å². The van der Waals surface area contributed by atoms with E-state index >= 15 is 0 Å². The zero-order valence-corrected chi connectivity index (χ0v) is 43.6. The van der Waals surface area contributed by atoms with Crippen LogP contribution in [0, 0.1) is 0 Å². The van der Waals surface area contributed by atoms with Gasteiger partial charge in [-0.2, -0.15) is 0 Å². The summed E-state index contributed by atoms with van der Waals surface area (Å²) in [6.07, 6.45) is 36.3. The smallest absolute Gasteiger partial charge is 0.306 e. The van der Waals surface area contributed by atoms with Crippen molar-refractivity contribution in [2.45, 2.75) is 235 Å². The number of ether oxygens (including phenoxy) is 6. The molecule has 0 saturated carbocycles. The van der Waals surface area contributed by atoms with Gasteiger partial charge in [-0.3, -0.25) is 9.59 Å². The highest BCUT2D eigenvalue weighted by Gasteiger charge is 2.47. The number of rotatable bonds is 41. The molecule has 2 saturated heterocycles. The Morgan fingerprint density at radius 3 is 1.39 bits per heavy atom. The highest BCUT2D eigenvalue weighted by atomic mass is 16.7. The lowest BCUT2D eigenvalue weighted by molar-refractivity contribution is -0.332. The molecular formula is C57H94O15. The summed E-state index contributed by atoms with van der Waals surface area (Å²) in [6, 6.07) is 0. The van der Waals surface area contributed by atoms with Gasteiger partial charge in [-0.15, -0.1) is 0 Å². The molecule has 72 heavy (non-hydrogen) atoms. The fourth-order valence-electron chi connectivity index (χ4n) is 7.88. The zero-order valence-electron chi connectivity index (χ0n) is 43.6. The van der Waals surface area contributed by atoms with Crippen molar-refractivity contribution in [3.8, 4) is 0 Å². The molecule has 0 aromatic heterocycles. The third kappa shape index (κ3) is 30.1. The van der Waals surface area contributed by atoms with Crippen LogP contribution >= 0.6 is 0 Å². The van der Waals surface area contributed by atoms with Crippen molar-refractivity contribution >= 4 is 11.9 Å². The molecule has 11 atom stereocenters. The van der Waals surface area contributed by atoms with Crippen LogP contribution in [0.25, 0.3) is 0 Å². The third-order valence-corrected chi connectivity index (χ3v) is 12.4. The van der Waals surface area contributed by atoms with Crippen LogP contribution in [0.4, 0.5) is 0 Å². The van der Waals surface area contributed by atoms with Crippen LogP contribution in [0.15, 0.2) is 85.1 Å². The summed E-state index contributed by atoms with van der Waals surface area (Å²) in [7, 11) is 0. The lowest BCUT2D eigenvalue weighted by Gasteiger charge is -2.42. The Hall–Kier alpha value is -3.32. The quantitative estimate of drug-likeness (QED) is 0.0173. The zero-order chi connectivity index (χ0) is 52.4. The number of hydrogen-bond donors (Lipinski definition) is 7. The highest BCUT2D eigenvalue weighted by Crippen LogP contribution is 2.26. The lowest BCUT2D eigenvalue weighted by Crippen LogP contribution is -2.61. The van der Waals surface area contributed by atoms with Gasteiger partial charge in [0.15, 0.2) is 18.7 Å². The van der Waals surface area contributed by atoms with E-state index in [4.69, 9.17) is 28.4 Å². The Morgan fingerprint density at radius 2 is 0.861 bits per heavy atom. The monoisotopic (exact) mass is 1020 g/mol. The minimum Gasteiger partial charge on any atom is -0.462 e. The molecule has 2 aliphatic rings. The predicted octanol–water partition coefficient (Wildman–Crippen LogP) is 8.38. The first-order chi connectivity index (χ1) is 35.0. The van der Waals surface area contributed by atoms with E-state index in [0.717, 1.165) is 44.9 Å². The number of carbonyl (C=O) groups excluding carboxylic acids is 2. The number of allylic oxidation sites excluding steroid dienone is 14. The standard InChI is InChI=1S/C57H94O15/c1-3-5-7-9-11-13-15-17-19-21-22-24-25-27-29-31-33-35-37-39-48(59)67-42-45(70-49(60)40-38-36-34-32-30-28-26-23-20-18-16-14-12-10-8-6-4-2)43-68-56-55(66)53(64)51(62)47(72-56)44-69-57-54(65)52(63)50(61)46(41-58)71-57/h11,13,17,19,22,24,26-29,32-35,45-47,50-58,61-66H,3-10,12,14-16,18,20-21,23,25,30-31,36-44H2,1-2H3/b13-11+,19-17+,24-22+,28-26+,29-27+,34-32+,35-33+/t45-,46+,47+,50-,51-,52?,53?,54?,55?,56+,57+/m0/s1. The van der Waals surface area contributed by atoms with Gasteiger partial charge in [0.1, 0.15) is 55.4 Å². The van der Waals surface area contributed by atoms with Gasteiger partial charge in [-0.1, -0.05) is 163 Å². The fraction of sp³-hybridized carbons (Fsp3) is 0.719. The summed E-state index contributed by atoms with van der Waals surface area (Å²) in [5.41, 5.74) is 0. The van der Waals surface area contributed by atoms with Crippen molar-refractivity contribution in [2.24, 2.45) is 0 Å². The molecule has 412 valence electrons. The lowest BCUT2D eigenvalue weighted by atomic mass is 9.98. The molecule has 7 N–H and O–H groups in total. The average Bonchev–Trinajstić information content (AvgIpc) is 3.37. The molecule has 2 aliphatic heterocycles. The Morgan fingerprint density at radius 1 is 0.444 bits per heavy atom. The summed E-state index contributed by atoms with van der Waals surface area (Å²) < 4.78 is 33.5. The van der Waals surface area contributed by atoms with Crippen molar-refractivity contribution in [3.63, 3.8) is 0 Å². The van der Waals surface area contributed by atoms with E-state index < -0.39 is 99.3 Å². The van der Waals surface area contributed by atoms with Crippen LogP contribution in [-0.4, -0.2) is 142 Å². The Balaban J connectivity index is 1.85. The largest absolute Gasteiger partial charge is 0.462 e. The molecule has 0 aliphatic carbocycles. The molecule has 2 heterocycles. The van der Waals surface area contributed by atoms with Gasteiger partial charge in [0.25, 0.3) is 0 Å². The normalized spacial score (nSPS) is 25.7. The predicted molar refractivity (Wildman–Crippen MR) is 279 cm³/mol. The van der Waals surface area contributed by atoms with Gasteiger partial charge in [0.2, 0.25) is 0 Å². The molecule has 15 heteroatoms. The number of esters is 2. The van der Waals surface area contributed by atoms with Crippen LogP contribution in [0.1, 0.15) is 168 Å². The molecule has 0 bridgehead atoms. The van der Waals surface area contributed by atoms with Crippen molar-refractivity contribution in [3.05, 3.63) is 85.1 Å². The minimum absolute atomic E-state index is 0.0814. The summed E-state index contributed by atoms with van der Waals surface area (Å²) in [4.78, 5) is 25.8. The second kappa shape index (κ2) is 43.0. The molecule has 4 unspecified atom stereocenters. The summed E-state index contributed by atoms with van der Waals surface area (Å²) in [6.45, 7) is 2.43. The van der Waals surface area contributed by atoms with Gasteiger partial charge in [-0.25, -0.2) is 0 Å². The van der Waals surface area contributed by atoms with Crippen LogP contribution in [0.2, 0.25) is 0 Å². The molecule has 0 radical (unpaired) electrons. The number of aliphatic hydroxyl groups is 7. The van der Waals surface area contributed by atoms with E-state index in [2.05, 4.69) is 80.7 Å². The SMILES string of the molecule is CCCCC/C=C/C/C=C/C/C=C/C/C=C/C/C=C/CCC(=O)OC[C@@H](CO[C@@H]1O[C@H](CO[C@@H]2O[C@H](CO)[C@H](O)C(O)C2O)[C@H](O)C(O)C1O)OC(=O)CCC/C=C/C/C=C/CCCCCCCCCCC. The van der Waals surface area contributed by atoms with E-state index in [0.29, 0.717) is 19.3 Å². The van der Waals surface area contributed by atoms with Crippen LogP contribution in [0.3, 0.4) is 0 Å². The molecule has 0 aromatic rings. The molecule has 2 rings (SSSR count). The van der Waals surface area contributed by atoms with Crippen LogP contribution in [0.5, 0.6) is 0 Å². The molecular weight excluding hydrogens is 925 g/mol. The van der Waals surface area contributed by atoms with Gasteiger partial charge in [-0.05, 0) is 77.0 Å². The van der Waals surface area contributed by atoms with E-state index in [9.17, 15) is 45.3 Å². The maximum atomic E-state index is 13.0. The van der Waals surface area contributed by atoms with Gasteiger partial charge >= 0.3 is 11.9 Å². The average molecular weight is 1020 g/mol. The molecule has 2 fully saturated rings. The Labute approximate surface area is 431 Å². The van der Waals surface area contributed by atoms with Crippen LogP contribution in [-0.2, 0) is 38.0 Å². The summed E-state index contributed by atoms with van der Waals surface area (Å²) in [5.74, 6) is -1.08. The van der Waals surface area contributed by atoms with E-state index in [1.54, 1.807) is 0 Å². The number of aliphatic hydroxyl groups excluding tert-OH is 7. The summed E-state index contributed by atoms with van der Waals surface area (Å²) in [5, 5.41) is 72.1. The van der Waals surface area contributed by atoms with E-state index in [1.807, 2.05) is 18.2 Å². The first-order valence-corrected chi connectivity index (χ1v) is 27.2. The maximum Gasteiger partial charge on any atom is 0.306 e. The second-order valence-electron chi connectivity index (χ2n) is 18.7. The van der Waals surface area contributed by atoms with Gasteiger partial charge < -0.3 is 64.2 Å². The molecule has 15 nitrogen and oxygen atoms in total. The first-order valence-electron chi connectivity index (χ1n) is 27.2. The maximum absolute atomic E-state index is 13.0. The summed E-state index contributed by atoms with van der Waals surface area (Å²) >= 11 is 0.